The van der Waals surface area contributed by atoms with Gasteiger partial charge in [0.05, 0.1) is 39.8 Å². The molecule has 25 heavy (non-hydrogen) atoms. The van der Waals surface area contributed by atoms with E-state index in [1.807, 2.05) is 29.3 Å². The van der Waals surface area contributed by atoms with Crippen LogP contribution in [0.5, 0.6) is 0 Å². The first kappa shape index (κ1) is 15.9. The summed E-state index contributed by atoms with van der Waals surface area (Å²) in [5.74, 6) is 0. The number of hydrogen-bond acceptors (Lipinski definition) is 5. The molecule has 4 rings (SSSR count). The van der Waals surface area contributed by atoms with Crippen molar-refractivity contribution >= 4 is 32.9 Å². The molecule has 3 aromatic rings. The molecule has 0 atom stereocenters. The van der Waals surface area contributed by atoms with Gasteiger partial charge in [0, 0.05) is 24.3 Å². The van der Waals surface area contributed by atoms with Crippen LogP contribution in [0.1, 0.15) is 11.1 Å². The van der Waals surface area contributed by atoms with Crippen LogP contribution in [-0.4, -0.2) is 16.6 Å². The van der Waals surface area contributed by atoms with E-state index in [0.29, 0.717) is 12.4 Å². The van der Waals surface area contributed by atoms with Crippen LogP contribution in [0.2, 0.25) is 0 Å². The SMILES string of the molecule is Cc1c(N2C=CN(c3ccc4ncsc4c3)C2)cncc1C(F)(F)F. The lowest BCUT2D eigenvalue weighted by Gasteiger charge is -2.23. The second kappa shape index (κ2) is 5.73. The van der Waals surface area contributed by atoms with Crippen LogP contribution in [0.25, 0.3) is 10.2 Å². The Bertz CT molecular complexity index is 964. The zero-order chi connectivity index (χ0) is 17.6. The predicted octanol–water partition coefficient (Wildman–Crippen LogP) is 4.77. The molecule has 0 N–H and O–H groups in total. The highest BCUT2D eigenvalue weighted by molar-refractivity contribution is 7.16. The molecule has 1 aliphatic heterocycles. The molecule has 1 aliphatic rings. The summed E-state index contributed by atoms with van der Waals surface area (Å²) in [7, 11) is 0. The van der Waals surface area contributed by atoms with Crippen molar-refractivity contribution in [2.24, 2.45) is 0 Å². The topological polar surface area (TPSA) is 32.3 Å². The van der Waals surface area contributed by atoms with Gasteiger partial charge in [-0.3, -0.25) is 4.98 Å². The minimum atomic E-state index is -4.41. The summed E-state index contributed by atoms with van der Waals surface area (Å²) in [6.07, 6.45) is 1.54. The van der Waals surface area contributed by atoms with Gasteiger partial charge in [-0.2, -0.15) is 13.2 Å². The van der Waals surface area contributed by atoms with Crippen LogP contribution in [0.15, 0.2) is 48.5 Å². The summed E-state index contributed by atoms with van der Waals surface area (Å²) in [5.41, 5.74) is 3.61. The van der Waals surface area contributed by atoms with Crippen molar-refractivity contribution in [1.29, 1.82) is 0 Å². The van der Waals surface area contributed by atoms with E-state index in [0.717, 1.165) is 22.1 Å². The highest BCUT2D eigenvalue weighted by Crippen LogP contribution is 2.36. The van der Waals surface area contributed by atoms with Gasteiger partial charge >= 0.3 is 6.18 Å². The van der Waals surface area contributed by atoms with E-state index < -0.39 is 11.7 Å². The molecule has 0 bridgehead atoms. The molecule has 0 fully saturated rings. The van der Waals surface area contributed by atoms with Gasteiger partial charge in [0.1, 0.15) is 0 Å². The Hall–Kier alpha value is -2.61. The molecular weight excluding hydrogens is 349 g/mol. The minimum Gasteiger partial charge on any atom is -0.328 e. The Morgan fingerprint density at radius 1 is 1.12 bits per heavy atom. The Labute approximate surface area is 145 Å². The minimum absolute atomic E-state index is 0.173. The Kier molecular flexibility index (Phi) is 3.64. The molecule has 0 saturated heterocycles. The molecule has 0 unspecified atom stereocenters. The van der Waals surface area contributed by atoms with E-state index in [1.165, 1.54) is 13.1 Å². The van der Waals surface area contributed by atoms with Crippen molar-refractivity contribution < 1.29 is 13.2 Å². The fourth-order valence-corrected chi connectivity index (χ4v) is 3.57. The molecule has 0 spiro atoms. The molecule has 0 saturated carbocycles. The van der Waals surface area contributed by atoms with Crippen molar-refractivity contribution in [2.45, 2.75) is 13.1 Å². The van der Waals surface area contributed by atoms with Crippen LogP contribution in [-0.2, 0) is 6.18 Å². The number of aromatic nitrogens is 2. The molecule has 8 heteroatoms. The summed E-state index contributed by atoms with van der Waals surface area (Å²) in [6.45, 7) is 1.90. The second-order valence-electron chi connectivity index (χ2n) is 5.71. The highest BCUT2D eigenvalue weighted by atomic mass is 32.1. The zero-order valence-electron chi connectivity index (χ0n) is 13.2. The van der Waals surface area contributed by atoms with Gasteiger partial charge in [0.15, 0.2) is 0 Å². The van der Waals surface area contributed by atoms with Crippen LogP contribution in [0, 0.1) is 6.92 Å². The molecule has 0 aliphatic carbocycles. The average Bonchev–Trinajstić information content (AvgIpc) is 3.22. The predicted molar refractivity (Wildman–Crippen MR) is 92.6 cm³/mol. The lowest BCUT2D eigenvalue weighted by Crippen LogP contribution is -2.25. The van der Waals surface area contributed by atoms with Crippen LogP contribution >= 0.6 is 11.3 Å². The number of fused-ring (bicyclic) bond motifs is 1. The monoisotopic (exact) mass is 362 g/mol. The molecule has 2 aromatic heterocycles. The van der Waals surface area contributed by atoms with Crippen molar-refractivity contribution in [1.82, 2.24) is 9.97 Å². The number of rotatable bonds is 2. The summed E-state index contributed by atoms with van der Waals surface area (Å²) >= 11 is 1.55. The lowest BCUT2D eigenvalue weighted by atomic mass is 10.1. The molecule has 4 nitrogen and oxygen atoms in total. The standard InChI is InChI=1S/C17H13F3N4S/c1-11-13(17(18,19)20)7-21-8-15(11)24-5-4-23(10-24)12-2-3-14-16(6-12)25-9-22-14/h2-9H,10H2,1H3. The summed E-state index contributed by atoms with van der Waals surface area (Å²) in [4.78, 5) is 11.7. The van der Waals surface area contributed by atoms with E-state index in [2.05, 4.69) is 9.97 Å². The number of hydrogen-bond donors (Lipinski definition) is 0. The van der Waals surface area contributed by atoms with Crippen LogP contribution in [0.3, 0.4) is 0 Å². The van der Waals surface area contributed by atoms with E-state index in [4.69, 9.17) is 0 Å². The highest BCUT2D eigenvalue weighted by Gasteiger charge is 2.34. The van der Waals surface area contributed by atoms with E-state index in [1.54, 1.807) is 27.9 Å². The van der Waals surface area contributed by atoms with Crippen molar-refractivity contribution in [3.05, 3.63) is 59.6 Å². The van der Waals surface area contributed by atoms with E-state index in [9.17, 15) is 13.2 Å². The summed E-state index contributed by atoms with van der Waals surface area (Å²) in [6, 6.07) is 5.92. The van der Waals surface area contributed by atoms with Gasteiger partial charge in [0.2, 0.25) is 0 Å². The molecular formula is C17H13F3N4S. The maximum atomic E-state index is 13.1. The molecule has 0 radical (unpaired) electrons. The number of benzene rings is 1. The fourth-order valence-electron chi connectivity index (χ4n) is 2.86. The first-order valence-corrected chi connectivity index (χ1v) is 8.38. The zero-order valence-corrected chi connectivity index (χ0v) is 14.0. The van der Waals surface area contributed by atoms with E-state index in [-0.39, 0.29) is 5.56 Å². The van der Waals surface area contributed by atoms with Crippen molar-refractivity contribution in [3.8, 4) is 0 Å². The number of alkyl halides is 3. The molecule has 1 aromatic carbocycles. The van der Waals surface area contributed by atoms with Gasteiger partial charge in [-0.05, 0) is 30.7 Å². The maximum Gasteiger partial charge on any atom is 0.418 e. The van der Waals surface area contributed by atoms with E-state index >= 15 is 0 Å². The maximum absolute atomic E-state index is 13.1. The Morgan fingerprint density at radius 2 is 1.92 bits per heavy atom. The smallest absolute Gasteiger partial charge is 0.328 e. The third kappa shape index (κ3) is 2.82. The molecule has 3 heterocycles. The van der Waals surface area contributed by atoms with Crippen LogP contribution < -0.4 is 9.80 Å². The van der Waals surface area contributed by atoms with Gasteiger partial charge < -0.3 is 9.80 Å². The first-order chi connectivity index (χ1) is 11.9. The third-order valence-electron chi connectivity index (χ3n) is 4.18. The van der Waals surface area contributed by atoms with Gasteiger partial charge in [-0.25, -0.2) is 4.98 Å². The third-order valence-corrected chi connectivity index (χ3v) is 4.97. The Morgan fingerprint density at radius 3 is 2.72 bits per heavy atom. The fraction of sp³-hybridized carbons (Fsp3) is 0.176. The number of nitrogens with zero attached hydrogens (tertiary/aromatic N) is 4. The largest absolute Gasteiger partial charge is 0.418 e. The number of pyridine rings is 1. The summed E-state index contributed by atoms with van der Waals surface area (Å²) < 4.78 is 40.3. The number of thiazole rings is 1. The average molecular weight is 362 g/mol. The Balaban J connectivity index is 1.62. The first-order valence-electron chi connectivity index (χ1n) is 7.50. The van der Waals surface area contributed by atoms with Gasteiger partial charge in [-0.1, -0.05) is 0 Å². The number of halogens is 3. The molecule has 0 amide bonds. The normalized spacial score (nSPS) is 14.7. The van der Waals surface area contributed by atoms with Gasteiger partial charge in [0.25, 0.3) is 0 Å². The van der Waals surface area contributed by atoms with Crippen molar-refractivity contribution in [3.63, 3.8) is 0 Å². The van der Waals surface area contributed by atoms with Crippen molar-refractivity contribution in [2.75, 3.05) is 16.5 Å². The molecule has 128 valence electrons. The second-order valence-corrected chi connectivity index (χ2v) is 6.60. The number of anilines is 2. The quantitative estimate of drug-likeness (QED) is 0.657. The van der Waals surface area contributed by atoms with Crippen LogP contribution in [0.4, 0.5) is 24.5 Å². The van der Waals surface area contributed by atoms with Gasteiger partial charge in [-0.15, -0.1) is 11.3 Å². The summed E-state index contributed by atoms with van der Waals surface area (Å²) in [5, 5.41) is 0. The lowest BCUT2D eigenvalue weighted by molar-refractivity contribution is -0.138.